The molecule has 1 aromatic carbocycles. The maximum atomic E-state index is 5.70. The third-order valence-corrected chi connectivity index (χ3v) is 3.43. The lowest BCUT2D eigenvalue weighted by Crippen LogP contribution is -2.04. The number of aromatic nitrogens is 3. The molecule has 0 unspecified atom stereocenters. The topological polar surface area (TPSA) is 56.2 Å². The normalized spacial score (nSPS) is 11.1. The van der Waals surface area contributed by atoms with Gasteiger partial charge in [-0.25, -0.2) is 9.50 Å². The summed E-state index contributed by atoms with van der Waals surface area (Å²) in [5, 5.41) is 4.63. The number of hydrogen-bond acceptors (Lipinski definition) is 3. The zero-order chi connectivity index (χ0) is 13.9. The van der Waals surface area contributed by atoms with E-state index >= 15 is 0 Å². The van der Waals surface area contributed by atoms with Crippen LogP contribution < -0.4 is 5.73 Å². The van der Waals surface area contributed by atoms with Crippen molar-refractivity contribution in [2.45, 2.75) is 26.3 Å². The molecule has 2 heterocycles. The van der Waals surface area contributed by atoms with E-state index in [1.807, 2.05) is 16.6 Å². The first-order valence-electron chi connectivity index (χ1n) is 6.95. The predicted molar refractivity (Wildman–Crippen MR) is 80.3 cm³/mol. The summed E-state index contributed by atoms with van der Waals surface area (Å²) in [6, 6.07) is 12.6. The van der Waals surface area contributed by atoms with E-state index in [1.54, 1.807) is 6.20 Å². The summed E-state index contributed by atoms with van der Waals surface area (Å²) < 4.78 is 1.81. The van der Waals surface area contributed by atoms with Gasteiger partial charge in [0.2, 0.25) is 0 Å². The standard InChI is InChI=1S/C16H18N4/c1-2-3-12-4-6-13(7-5-12)15-8-9-16-18-11-14(10-17)20(16)19-15/h4-9,11H,2-3,10,17H2,1H3. The van der Waals surface area contributed by atoms with Crippen LogP contribution in [0, 0.1) is 0 Å². The zero-order valence-corrected chi connectivity index (χ0v) is 11.6. The molecule has 0 aliphatic rings. The van der Waals surface area contributed by atoms with Gasteiger partial charge in [-0.15, -0.1) is 0 Å². The van der Waals surface area contributed by atoms with Gasteiger partial charge in [-0.1, -0.05) is 37.6 Å². The molecule has 0 amide bonds. The summed E-state index contributed by atoms with van der Waals surface area (Å²) in [4.78, 5) is 4.28. The first-order chi connectivity index (χ1) is 9.81. The van der Waals surface area contributed by atoms with E-state index in [2.05, 4.69) is 41.3 Å². The van der Waals surface area contributed by atoms with Gasteiger partial charge in [-0.05, 0) is 24.1 Å². The molecule has 2 aromatic heterocycles. The van der Waals surface area contributed by atoms with Crippen LogP contribution in [-0.4, -0.2) is 14.6 Å². The van der Waals surface area contributed by atoms with Crippen molar-refractivity contribution in [3.8, 4) is 11.3 Å². The molecule has 0 atom stereocenters. The number of imidazole rings is 1. The number of nitrogens with two attached hydrogens (primary N) is 1. The van der Waals surface area contributed by atoms with E-state index in [4.69, 9.17) is 5.73 Å². The van der Waals surface area contributed by atoms with Crippen molar-refractivity contribution in [2.24, 2.45) is 5.73 Å². The molecule has 0 fully saturated rings. The third-order valence-electron chi connectivity index (χ3n) is 3.43. The van der Waals surface area contributed by atoms with Gasteiger partial charge in [0.05, 0.1) is 17.6 Å². The van der Waals surface area contributed by atoms with Crippen molar-refractivity contribution in [3.63, 3.8) is 0 Å². The maximum absolute atomic E-state index is 5.70. The van der Waals surface area contributed by atoms with Gasteiger partial charge in [0, 0.05) is 12.1 Å². The van der Waals surface area contributed by atoms with Crippen molar-refractivity contribution in [2.75, 3.05) is 0 Å². The second kappa shape index (κ2) is 5.43. The first kappa shape index (κ1) is 12.8. The molecule has 0 bridgehead atoms. The molecule has 2 N–H and O–H groups in total. The molecule has 0 aliphatic heterocycles. The number of rotatable bonds is 4. The lowest BCUT2D eigenvalue weighted by atomic mass is 10.1. The molecule has 0 saturated carbocycles. The second-order valence-electron chi connectivity index (χ2n) is 4.89. The molecule has 0 saturated heterocycles. The Morgan fingerprint density at radius 2 is 1.90 bits per heavy atom. The Kier molecular flexibility index (Phi) is 3.48. The highest BCUT2D eigenvalue weighted by atomic mass is 15.3. The minimum Gasteiger partial charge on any atom is -0.325 e. The van der Waals surface area contributed by atoms with Crippen molar-refractivity contribution in [3.05, 3.63) is 53.9 Å². The number of aryl methyl sites for hydroxylation is 1. The average Bonchev–Trinajstić information content (AvgIpc) is 2.90. The SMILES string of the molecule is CCCc1ccc(-c2ccc3ncc(CN)n3n2)cc1. The molecule has 3 rings (SSSR count). The molecule has 102 valence electrons. The van der Waals surface area contributed by atoms with Crippen LogP contribution in [0.1, 0.15) is 24.6 Å². The smallest absolute Gasteiger partial charge is 0.153 e. The summed E-state index contributed by atoms with van der Waals surface area (Å²) in [5.41, 5.74) is 10.9. The Hall–Kier alpha value is -2.20. The fraction of sp³-hybridized carbons (Fsp3) is 0.250. The van der Waals surface area contributed by atoms with Gasteiger partial charge in [0.15, 0.2) is 5.65 Å². The van der Waals surface area contributed by atoms with Crippen LogP contribution in [0.25, 0.3) is 16.9 Å². The largest absolute Gasteiger partial charge is 0.325 e. The van der Waals surface area contributed by atoms with Crippen LogP contribution in [0.4, 0.5) is 0 Å². The van der Waals surface area contributed by atoms with Crippen LogP contribution in [-0.2, 0) is 13.0 Å². The molecule has 3 aromatic rings. The summed E-state index contributed by atoms with van der Waals surface area (Å²) in [6.07, 6.45) is 4.06. The Balaban J connectivity index is 2.00. The highest BCUT2D eigenvalue weighted by Gasteiger charge is 2.05. The summed E-state index contributed by atoms with van der Waals surface area (Å²) >= 11 is 0. The minimum atomic E-state index is 0.438. The van der Waals surface area contributed by atoms with Crippen molar-refractivity contribution < 1.29 is 0 Å². The summed E-state index contributed by atoms with van der Waals surface area (Å²) in [6.45, 7) is 2.63. The van der Waals surface area contributed by atoms with Gasteiger partial charge >= 0.3 is 0 Å². The number of fused-ring (bicyclic) bond motifs is 1. The summed E-state index contributed by atoms with van der Waals surface area (Å²) in [5.74, 6) is 0. The molecule has 20 heavy (non-hydrogen) atoms. The lowest BCUT2D eigenvalue weighted by Gasteiger charge is -2.05. The van der Waals surface area contributed by atoms with E-state index in [0.29, 0.717) is 6.54 Å². The van der Waals surface area contributed by atoms with Gasteiger partial charge in [-0.3, -0.25) is 0 Å². The molecular weight excluding hydrogens is 248 g/mol. The van der Waals surface area contributed by atoms with E-state index in [-0.39, 0.29) is 0 Å². The highest BCUT2D eigenvalue weighted by molar-refractivity contribution is 5.60. The van der Waals surface area contributed by atoms with Gasteiger partial charge in [-0.2, -0.15) is 5.10 Å². The van der Waals surface area contributed by atoms with E-state index in [0.717, 1.165) is 29.0 Å². The Labute approximate surface area is 118 Å². The van der Waals surface area contributed by atoms with Crippen LogP contribution in [0.15, 0.2) is 42.6 Å². The molecule has 4 heteroatoms. The minimum absolute atomic E-state index is 0.438. The highest BCUT2D eigenvalue weighted by Crippen LogP contribution is 2.19. The molecular formula is C16H18N4. The Morgan fingerprint density at radius 3 is 2.60 bits per heavy atom. The van der Waals surface area contributed by atoms with Crippen molar-refractivity contribution in [1.29, 1.82) is 0 Å². The predicted octanol–water partition coefficient (Wildman–Crippen LogP) is 2.81. The van der Waals surface area contributed by atoms with Crippen LogP contribution in [0.5, 0.6) is 0 Å². The fourth-order valence-corrected chi connectivity index (χ4v) is 2.34. The van der Waals surface area contributed by atoms with Crippen LogP contribution in [0.3, 0.4) is 0 Å². The number of hydrogen-bond donors (Lipinski definition) is 1. The van der Waals surface area contributed by atoms with E-state index in [9.17, 15) is 0 Å². The van der Waals surface area contributed by atoms with Gasteiger partial charge < -0.3 is 5.73 Å². The molecule has 0 aliphatic carbocycles. The number of nitrogens with zero attached hydrogens (tertiary/aromatic N) is 3. The average molecular weight is 266 g/mol. The quantitative estimate of drug-likeness (QED) is 0.790. The fourth-order valence-electron chi connectivity index (χ4n) is 2.34. The van der Waals surface area contributed by atoms with Crippen LogP contribution >= 0.6 is 0 Å². The van der Waals surface area contributed by atoms with Gasteiger partial charge in [0.25, 0.3) is 0 Å². The van der Waals surface area contributed by atoms with Crippen molar-refractivity contribution >= 4 is 5.65 Å². The summed E-state index contributed by atoms with van der Waals surface area (Å²) in [7, 11) is 0. The third kappa shape index (κ3) is 2.30. The lowest BCUT2D eigenvalue weighted by molar-refractivity contribution is 0.849. The molecule has 0 radical (unpaired) electrons. The van der Waals surface area contributed by atoms with Gasteiger partial charge in [0.1, 0.15) is 0 Å². The van der Waals surface area contributed by atoms with Crippen LogP contribution in [0.2, 0.25) is 0 Å². The van der Waals surface area contributed by atoms with E-state index < -0.39 is 0 Å². The van der Waals surface area contributed by atoms with Crippen molar-refractivity contribution in [1.82, 2.24) is 14.6 Å². The second-order valence-corrected chi connectivity index (χ2v) is 4.89. The monoisotopic (exact) mass is 266 g/mol. The Morgan fingerprint density at radius 1 is 1.10 bits per heavy atom. The molecule has 0 spiro atoms. The van der Waals surface area contributed by atoms with E-state index in [1.165, 1.54) is 12.0 Å². The maximum Gasteiger partial charge on any atom is 0.153 e. The number of benzene rings is 1. The first-order valence-corrected chi connectivity index (χ1v) is 6.95. The Bertz CT molecular complexity index is 713. The zero-order valence-electron chi connectivity index (χ0n) is 11.6. The molecule has 4 nitrogen and oxygen atoms in total.